The molecule has 0 bridgehead atoms. The third-order valence-corrected chi connectivity index (χ3v) is 3.30. The number of aliphatic carboxylic acids is 2. The Morgan fingerprint density at radius 1 is 1.16 bits per heavy atom. The van der Waals surface area contributed by atoms with Gasteiger partial charge < -0.3 is 15.1 Å². The van der Waals surface area contributed by atoms with Crippen LogP contribution < -0.4 is 0 Å². The number of amides is 1. The molecular weight excluding hydrogens is 318 g/mol. The minimum absolute atomic E-state index is 0.275. The Hall–Kier alpha value is -1.89. The zero-order valence-corrected chi connectivity index (χ0v) is 11.7. The van der Waals surface area contributed by atoms with Gasteiger partial charge in [-0.1, -0.05) is 22.0 Å². The molecule has 2 N–H and O–H groups in total. The number of hydrogen-bond donors (Lipinski definition) is 2. The fraction of sp³-hybridized carbons (Fsp3) is 0.250. The number of hydrogen-bond acceptors (Lipinski definition) is 3. The second-order valence-electron chi connectivity index (χ2n) is 3.86. The number of carbonyl (C=O) groups is 3. The van der Waals surface area contributed by atoms with Crippen LogP contribution in [-0.4, -0.2) is 46.0 Å². The molecule has 0 atom stereocenters. The van der Waals surface area contributed by atoms with Crippen molar-refractivity contribution in [2.24, 2.45) is 0 Å². The average molecular weight is 330 g/mol. The van der Waals surface area contributed by atoms with Crippen molar-refractivity contribution in [1.82, 2.24) is 4.90 Å². The van der Waals surface area contributed by atoms with Crippen molar-refractivity contribution in [1.29, 1.82) is 0 Å². The van der Waals surface area contributed by atoms with Crippen molar-refractivity contribution in [3.8, 4) is 0 Å². The van der Waals surface area contributed by atoms with Crippen molar-refractivity contribution in [2.75, 3.05) is 13.1 Å². The summed E-state index contributed by atoms with van der Waals surface area (Å²) in [5.41, 5.74) is 0.908. The summed E-state index contributed by atoms with van der Waals surface area (Å²) in [5.74, 6) is -3.15. The molecule has 0 saturated carbocycles. The van der Waals surface area contributed by atoms with Gasteiger partial charge in [-0.15, -0.1) is 0 Å². The van der Waals surface area contributed by atoms with Gasteiger partial charge in [0.05, 0.1) is 0 Å². The third-order valence-electron chi connectivity index (χ3n) is 2.44. The summed E-state index contributed by atoms with van der Waals surface area (Å²) < 4.78 is 0.698. The van der Waals surface area contributed by atoms with Crippen LogP contribution in [-0.2, 0) is 9.59 Å². The van der Waals surface area contributed by atoms with Crippen LogP contribution >= 0.6 is 15.9 Å². The van der Waals surface area contributed by atoms with Crippen molar-refractivity contribution >= 4 is 33.8 Å². The summed E-state index contributed by atoms with van der Waals surface area (Å²) in [6.45, 7) is 0.380. The standard InChI is InChI=1S/C12H12BrNO5/c1-7-8(3-2-4-9(7)13)12(19)14(5-10(15)16)6-11(17)18/h2-4H,5-6H2,1H3,(H,15,16)(H,17,18). The van der Waals surface area contributed by atoms with Crippen molar-refractivity contribution < 1.29 is 24.6 Å². The highest BCUT2D eigenvalue weighted by Crippen LogP contribution is 2.20. The summed E-state index contributed by atoms with van der Waals surface area (Å²) >= 11 is 3.26. The van der Waals surface area contributed by atoms with Gasteiger partial charge in [0.1, 0.15) is 13.1 Å². The molecule has 0 aliphatic heterocycles. The maximum Gasteiger partial charge on any atom is 0.323 e. The molecule has 0 fully saturated rings. The molecule has 102 valence electrons. The predicted octanol–water partition coefficient (Wildman–Crippen LogP) is 1.37. The van der Waals surface area contributed by atoms with Crippen molar-refractivity contribution in [3.05, 3.63) is 33.8 Å². The van der Waals surface area contributed by atoms with Gasteiger partial charge >= 0.3 is 11.9 Å². The van der Waals surface area contributed by atoms with Crippen LogP contribution in [0.5, 0.6) is 0 Å². The van der Waals surface area contributed by atoms with E-state index in [4.69, 9.17) is 10.2 Å². The number of carboxylic acids is 2. The SMILES string of the molecule is Cc1c(Br)cccc1C(=O)N(CC(=O)O)CC(=O)O. The molecule has 0 radical (unpaired) electrons. The van der Waals surface area contributed by atoms with Gasteiger partial charge in [-0.05, 0) is 24.6 Å². The summed E-state index contributed by atoms with van der Waals surface area (Å²) in [7, 11) is 0. The van der Waals surface area contributed by atoms with Gasteiger partial charge in [0.15, 0.2) is 0 Å². The van der Waals surface area contributed by atoms with Crippen molar-refractivity contribution in [2.45, 2.75) is 6.92 Å². The van der Waals surface area contributed by atoms with E-state index < -0.39 is 30.9 Å². The van der Waals surface area contributed by atoms with Gasteiger partial charge in [0.25, 0.3) is 5.91 Å². The largest absolute Gasteiger partial charge is 0.480 e. The molecule has 0 unspecified atom stereocenters. The second-order valence-corrected chi connectivity index (χ2v) is 4.72. The Bertz CT molecular complexity index is 513. The van der Waals surface area contributed by atoms with Gasteiger partial charge in [-0.25, -0.2) is 0 Å². The zero-order chi connectivity index (χ0) is 14.6. The topological polar surface area (TPSA) is 94.9 Å². The molecule has 1 amide bonds. The smallest absolute Gasteiger partial charge is 0.323 e. The molecule has 1 rings (SSSR count). The van der Waals surface area contributed by atoms with E-state index in [9.17, 15) is 14.4 Å². The highest BCUT2D eigenvalue weighted by atomic mass is 79.9. The molecule has 19 heavy (non-hydrogen) atoms. The van der Waals surface area contributed by atoms with E-state index in [-0.39, 0.29) is 5.56 Å². The maximum absolute atomic E-state index is 12.2. The quantitative estimate of drug-likeness (QED) is 0.850. The number of benzene rings is 1. The van der Waals surface area contributed by atoms with E-state index >= 15 is 0 Å². The fourth-order valence-electron chi connectivity index (χ4n) is 1.54. The summed E-state index contributed by atoms with van der Waals surface area (Å²) in [6, 6.07) is 4.90. The van der Waals surface area contributed by atoms with Crippen LogP contribution in [0.4, 0.5) is 0 Å². The highest BCUT2D eigenvalue weighted by Gasteiger charge is 2.22. The zero-order valence-electron chi connectivity index (χ0n) is 10.1. The minimum atomic E-state index is -1.26. The Labute approximate surface area is 117 Å². The Balaban J connectivity index is 3.07. The number of halogens is 1. The number of nitrogens with zero attached hydrogens (tertiary/aromatic N) is 1. The van der Waals surface area contributed by atoms with Gasteiger partial charge in [-0.3, -0.25) is 14.4 Å². The van der Waals surface area contributed by atoms with Gasteiger partial charge in [-0.2, -0.15) is 0 Å². The van der Waals surface area contributed by atoms with Crippen LogP contribution in [0.15, 0.2) is 22.7 Å². The molecule has 6 nitrogen and oxygen atoms in total. The van der Waals surface area contributed by atoms with Crippen molar-refractivity contribution in [3.63, 3.8) is 0 Å². The summed E-state index contributed by atoms with van der Waals surface area (Å²) in [5, 5.41) is 17.4. The molecule has 0 aromatic heterocycles. The maximum atomic E-state index is 12.2. The van der Waals surface area contributed by atoms with Crippen LogP contribution in [0.3, 0.4) is 0 Å². The van der Waals surface area contributed by atoms with Gasteiger partial charge in [0, 0.05) is 10.0 Å². The van der Waals surface area contributed by atoms with E-state index in [2.05, 4.69) is 15.9 Å². The lowest BCUT2D eigenvalue weighted by molar-refractivity contribution is -0.140. The van der Waals surface area contributed by atoms with Crippen LogP contribution in [0.1, 0.15) is 15.9 Å². The molecule has 0 aliphatic carbocycles. The second kappa shape index (κ2) is 6.33. The van der Waals surface area contributed by atoms with E-state index in [1.807, 2.05) is 0 Å². The Morgan fingerprint density at radius 2 is 1.68 bits per heavy atom. The lowest BCUT2D eigenvalue weighted by atomic mass is 10.1. The van der Waals surface area contributed by atoms with E-state index in [0.29, 0.717) is 10.0 Å². The highest BCUT2D eigenvalue weighted by molar-refractivity contribution is 9.10. The fourth-order valence-corrected chi connectivity index (χ4v) is 1.90. The summed E-state index contributed by atoms with van der Waals surface area (Å²) in [4.78, 5) is 34.3. The number of carbonyl (C=O) groups excluding carboxylic acids is 1. The van der Waals surface area contributed by atoms with E-state index in [0.717, 1.165) is 4.90 Å². The lowest BCUT2D eigenvalue weighted by Gasteiger charge is -2.19. The molecule has 7 heteroatoms. The molecule has 0 saturated heterocycles. The Kier molecular flexibility index (Phi) is 5.05. The molecule has 0 aliphatic rings. The van der Waals surface area contributed by atoms with E-state index in [1.165, 1.54) is 6.07 Å². The van der Waals surface area contributed by atoms with Crippen LogP contribution in [0, 0.1) is 6.92 Å². The summed E-state index contributed by atoms with van der Waals surface area (Å²) in [6.07, 6.45) is 0. The average Bonchev–Trinajstić information content (AvgIpc) is 2.30. The normalized spacial score (nSPS) is 10.0. The van der Waals surface area contributed by atoms with E-state index in [1.54, 1.807) is 19.1 Å². The first kappa shape index (κ1) is 15.2. The molecule has 1 aromatic carbocycles. The number of rotatable bonds is 5. The third kappa shape index (κ3) is 4.06. The minimum Gasteiger partial charge on any atom is -0.480 e. The lowest BCUT2D eigenvalue weighted by Crippen LogP contribution is -2.39. The first-order chi connectivity index (χ1) is 8.82. The monoisotopic (exact) mass is 329 g/mol. The number of carboxylic acid groups (broad SMARTS) is 2. The van der Waals surface area contributed by atoms with Crippen LogP contribution in [0.2, 0.25) is 0 Å². The van der Waals surface area contributed by atoms with Crippen LogP contribution in [0.25, 0.3) is 0 Å². The molecule has 0 spiro atoms. The Morgan fingerprint density at radius 3 is 2.16 bits per heavy atom. The molecular formula is C12H12BrNO5. The molecule has 0 heterocycles. The predicted molar refractivity (Wildman–Crippen MR) is 70.1 cm³/mol. The first-order valence-corrected chi connectivity index (χ1v) is 6.10. The first-order valence-electron chi connectivity index (χ1n) is 5.31. The molecule has 1 aromatic rings. The van der Waals surface area contributed by atoms with Gasteiger partial charge in [0.2, 0.25) is 0 Å².